The fraction of sp³-hybridized carbons (Fsp3) is 0.333. The Kier molecular flexibility index (Phi) is 2.95. The van der Waals surface area contributed by atoms with E-state index in [2.05, 4.69) is 17.1 Å². The Balaban J connectivity index is 2.44. The highest BCUT2D eigenvalue weighted by Gasteiger charge is 2.13. The number of aromatic nitrogens is 3. The van der Waals surface area contributed by atoms with E-state index in [9.17, 15) is 0 Å². The highest BCUT2D eigenvalue weighted by molar-refractivity contribution is 7.71. The van der Waals surface area contributed by atoms with Crippen LogP contribution in [0.15, 0.2) is 12.1 Å². The highest BCUT2D eigenvalue weighted by Crippen LogP contribution is 2.29. The summed E-state index contributed by atoms with van der Waals surface area (Å²) in [6.07, 6.45) is 0. The number of halogens is 1. The minimum atomic E-state index is 0.175. The summed E-state index contributed by atoms with van der Waals surface area (Å²) in [6, 6.07) is 4.09. The standard InChI is InChI=1S/C9H10ClN3S2/c1-5(7-3-4-8(10)15-7)13-6(2)11-12-9(13)14/h3-5H,1-2H3,(H,12,14). The van der Waals surface area contributed by atoms with Crippen molar-refractivity contribution in [2.24, 2.45) is 0 Å². The van der Waals surface area contributed by atoms with Crippen molar-refractivity contribution in [2.75, 3.05) is 0 Å². The normalized spacial score (nSPS) is 13.0. The van der Waals surface area contributed by atoms with Crippen molar-refractivity contribution < 1.29 is 0 Å². The van der Waals surface area contributed by atoms with Crippen molar-refractivity contribution in [1.29, 1.82) is 0 Å². The molecule has 0 aliphatic carbocycles. The monoisotopic (exact) mass is 259 g/mol. The quantitative estimate of drug-likeness (QED) is 0.837. The molecular formula is C9H10ClN3S2. The molecule has 6 heteroatoms. The molecule has 0 amide bonds. The number of nitrogens with zero attached hydrogens (tertiary/aromatic N) is 2. The fourth-order valence-electron chi connectivity index (χ4n) is 1.52. The van der Waals surface area contributed by atoms with E-state index >= 15 is 0 Å². The molecule has 1 atom stereocenters. The molecule has 0 aliphatic rings. The molecule has 1 unspecified atom stereocenters. The summed E-state index contributed by atoms with van der Waals surface area (Å²) in [5, 5.41) is 6.87. The van der Waals surface area contributed by atoms with Crippen LogP contribution >= 0.6 is 35.2 Å². The number of hydrogen-bond acceptors (Lipinski definition) is 3. The Morgan fingerprint density at radius 3 is 2.80 bits per heavy atom. The van der Waals surface area contributed by atoms with E-state index in [1.54, 1.807) is 11.3 Å². The van der Waals surface area contributed by atoms with Crippen LogP contribution in [0.1, 0.15) is 23.7 Å². The zero-order chi connectivity index (χ0) is 11.0. The molecule has 80 valence electrons. The van der Waals surface area contributed by atoms with E-state index in [1.165, 1.54) is 4.88 Å². The van der Waals surface area contributed by atoms with Gasteiger partial charge in [0.2, 0.25) is 0 Å². The van der Waals surface area contributed by atoms with Crippen LogP contribution in [0.4, 0.5) is 0 Å². The van der Waals surface area contributed by atoms with E-state index in [1.807, 2.05) is 23.6 Å². The summed E-state index contributed by atoms with van der Waals surface area (Å²) in [5.74, 6) is 0.886. The Labute approximate surface area is 102 Å². The van der Waals surface area contributed by atoms with Crippen molar-refractivity contribution in [2.45, 2.75) is 19.9 Å². The lowest BCUT2D eigenvalue weighted by molar-refractivity contribution is 0.620. The number of H-pyrrole nitrogens is 1. The van der Waals surface area contributed by atoms with Crippen LogP contribution in [0.2, 0.25) is 4.34 Å². The maximum absolute atomic E-state index is 5.91. The first-order valence-electron chi connectivity index (χ1n) is 4.48. The van der Waals surface area contributed by atoms with Gasteiger partial charge in [0, 0.05) is 4.88 Å². The van der Waals surface area contributed by atoms with Gasteiger partial charge in [-0.05, 0) is 38.2 Å². The first kappa shape index (κ1) is 10.9. The Morgan fingerprint density at radius 1 is 1.60 bits per heavy atom. The summed E-state index contributed by atoms with van der Waals surface area (Å²) in [6.45, 7) is 4.01. The van der Waals surface area contributed by atoms with Crippen molar-refractivity contribution in [3.05, 3.63) is 31.9 Å². The molecule has 15 heavy (non-hydrogen) atoms. The minimum Gasteiger partial charge on any atom is -0.296 e. The van der Waals surface area contributed by atoms with Crippen LogP contribution in [0.3, 0.4) is 0 Å². The van der Waals surface area contributed by atoms with Gasteiger partial charge in [0.1, 0.15) is 5.82 Å². The third kappa shape index (κ3) is 2.00. The SMILES string of the molecule is Cc1n[nH]c(=S)n1C(C)c1ccc(Cl)s1. The van der Waals surface area contributed by atoms with Crippen molar-refractivity contribution in [3.63, 3.8) is 0 Å². The van der Waals surface area contributed by atoms with Crippen LogP contribution < -0.4 is 0 Å². The maximum atomic E-state index is 5.91. The molecule has 1 N–H and O–H groups in total. The van der Waals surface area contributed by atoms with Crippen LogP contribution in [-0.2, 0) is 0 Å². The van der Waals surface area contributed by atoms with Gasteiger partial charge in [0.05, 0.1) is 10.4 Å². The third-order valence-electron chi connectivity index (χ3n) is 2.27. The van der Waals surface area contributed by atoms with Gasteiger partial charge in [0.15, 0.2) is 4.77 Å². The Bertz CT molecular complexity index is 525. The lowest BCUT2D eigenvalue weighted by Crippen LogP contribution is -2.07. The number of rotatable bonds is 2. The largest absolute Gasteiger partial charge is 0.296 e. The van der Waals surface area contributed by atoms with Gasteiger partial charge >= 0.3 is 0 Å². The molecule has 2 aromatic rings. The van der Waals surface area contributed by atoms with Gasteiger partial charge in [-0.2, -0.15) is 5.10 Å². The van der Waals surface area contributed by atoms with Gasteiger partial charge in [-0.3, -0.25) is 9.67 Å². The molecule has 2 aromatic heterocycles. The number of thiophene rings is 1. The van der Waals surface area contributed by atoms with Gasteiger partial charge in [0.25, 0.3) is 0 Å². The lowest BCUT2D eigenvalue weighted by atomic mass is 10.3. The maximum Gasteiger partial charge on any atom is 0.195 e. The second-order valence-corrected chi connectivity index (χ2v) is 5.40. The first-order chi connectivity index (χ1) is 7.09. The lowest BCUT2D eigenvalue weighted by Gasteiger charge is -2.11. The van der Waals surface area contributed by atoms with Gasteiger partial charge in [-0.25, -0.2) is 0 Å². The van der Waals surface area contributed by atoms with Gasteiger partial charge in [-0.1, -0.05) is 11.6 Å². The Morgan fingerprint density at radius 2 is 2.33 bits per heavy atom. The smallest absolute Gasteiger partial charge is 0.195 e. The molecule has 0 bridgehead atoms. The average molecular weight is 260 g/mol. The molecule has 2 heterocycles. The minimum absolute atomic E-state index is 0.175. The topological polar surface area (TPSA) is 33.6 Å². The molecule has 0 fully saturated rings. The molecule has 0 aliphatic heterocycles. The van der Waals surface area contributed by atoms with E-state index in [0.29, 0.717) is 4.77 Å². The predicted molar refractivity (Wildman–Crippen MR) is 65.3 cm³/mol. The van der Waals surface area contributed by atoms with E-state index in [-0.39, 0.29) is 6.04 Å². The zero-order valence-electron chi connectivity index (χ0n) is 8.32. The summed E-state index contributed by atoms with van der Waals surface area (Å²) >= 11 is 12.6. The third-order valence-corrected chi connectivity index (χ3v) is 3.96. The van der Waals surface area contributed by atoms with Gasteiger partial charge in [-0.15, -0.1) is 11.3 Å². The number of aryl methyl sites for hydroxylation is 1. The van der Waals surface area contributed by atoms with Crippen LogP contribution in [0.5, 0.6) is 0 Å². The van der Waals surface area contributed by atoms with Crippen molar-refractivity contribution in [1.82, 2.24) is 14.8 Å². The zero-order valence-corrected chi connectivity index (χ0v) is 10.7. The van der Waals surface area contributed by atoms with Crippen LogP contribution in [0.25, 0.3) is 0 Å². The molecule has 0 aromatic carbocycles. The average Bonchev–Trinajstić information content (AvgIpc) is 2.73. The molecule has 3 nitrogen and oxygen atoms in total. The van der Waals surface area contributed by atoms with Crippen molar-refractivity contribution in [3.8, 4) is 0 Å². The summed E-state index contributed by atoms with van der Waals surface area (Å²) < 4.78 is 3.42. The van der Waals surface area contributed by atoms with Crippen molar-refractivity contribution >= 4 is 35.2 Å². The fourth-order valence-corrected chi connectivity index (χ4v) is 2.96. The molecule has 0 saturated carbocycles. The summed E-state index contributed by atoms with van der Waals surface area (Å²) in [5.41, 5.74) is 0. The number of aromatic amines is 1. The molecular weight excluding hydrogens is 250 g/mol. The summed E-state index contributed by atoms with van der Waals surface area (Å²) in [7, 11) is 0. The highest BCUT2D eigenvalue weighted by atomic mass is 35.5. The summed E-state index contributed by atoms with van der Waals surface area (Å²) in [4.78, 5) is 1.18. The molecule has 0 radical (unpaired) electrons. The van der Waals surface area contributed by atoms with Gasteiger partial charge < -0.3 is 0 Å². The van der Waals surface area contributed by atoms with Crippen LogP contribution in [0, 0.1) is 11.7 Å². The number of hydrogen-bond donors (Lipinski definition) is 1. The predicted octanol–water partition coefficient (Wildman–Crippen LogP) is 3.57. The van der Waals surface area contributed by atoms with Crippen LogP contribution in [-0.4, -0.2) is 14.8 Å². The van der Waals surface area contributed by atoms with E-state index in [4.69, 9.17) is 23.8 Å². The molecule has 0 spiro atoms. The second-order valence-electron chi connectivity index (χ2n) is 3.26. The molecule has 0 saturated heterocycles. The Hall–Kier alpha value is -0.650. The second kappa shape index (κ2) is 4.08. The molecule has 2 rings (SSSR count). The van der Waals surface area contributed by atoms with E-state index < -0.39 is 0 Å². The number of nitrogens with one attached hydrogen (secondary N) is 1. The van der Waals surface area contributed by atoms with E-state index in [0.717, 1.165) is 10.2 Å². The first-order valence-corrected chi connectivity index (χ1v) is 6.08.